The lowest BCUT2D eigenvalue weighted by Gasteiger charge is -2.29. The van der Waals surface area contributed by atoms with Crippen molar-refractivity contribution in [1.82, 2.24) is 14.5 Å². The Hall–Kier alpha value is -2.04. The van der Waals surface area contributed by atoms with Crippen molar-refractivity contribution in [2.45, 2.75) is 12.8 Å². The number of hydrogen-bond donors (Lipinski definition) is 1. The van der Waals surface area contributed by atoms with Crippen molar-refractivity contribution in [3.8, 4) is 16.3 Å². The second-order valence-electron chi connectivity index (χ2n) is 6.09. The van der Waals surface area contributed by atoms with Crippen LogP contribution in [0.2, 0.25) is 0 Å². The van der Waals surface area contributed by atoms with Gasteiger partial charge in [-0.3, -0.25) is 4.79 Å². The van der Waals surface area contributed by atoms with Crippen LogP contribution in [0.1, 0.15) is 12.8 Å². The lowest BCUT2D eigenvalue weighted by atomic mass is 9.99. The molecule has 1 amide bonds. The molecule has 8 nitrogen and oxygen atoms in total. The molecule has 1 aromatic carbocycles. The third-order valence-electron chi connectivity index (χ3n) is 4.22. The quantitative estimate of drug-likeness (QED) is 0.827. The molecule has 3 rings (SSSR count). The number of carbonyl (C=O) groups excluding carboxylic acids is 1. The number of rotatable bonds is 5. The Morgan fingerprint density at radius 1 is 1.31 bits per heavy atom. The molecule has 2 aromatic rings. The molecule has 1 saturated heterocycles. The summed E-state index contributed by atoms with van der Waals surface area (Å²) in [5, 5.41) is 12.0. The first kappa shape index (κ1) is 18.7. The van der Waals surface area contributed by atoms with Crippen molar-refractivity contribution in [2.24, 2.45) is 5.92 Å². The number of nitrogens with zero attached hydrogens (tertiary/aromatic N) is 3. The van der Waals surface area contributed by atoms with Crippen LogP contribution in [0.5, 0.6) is 5.75 Å². The number of hydrogen-bond acceptors (Lipinski definition) is 7. The number of carbonyl (C=O) groups is 1. The van der Waals surface area contributed by atoms with Gasteiger partial charge in [0.1, 0.15) is 10.8 Å². The molecule has 1 N–H and O–H groups in total. The molecule has 0 saturated carbocycles. The molecule has 2 heterocycles. The predicted octanol–water partition coefficient (Wildman–Crippen LogP) is 1.82. The molecule has 0 aliphatic carbocycles. The van der Waals surface area contributed by atoms with E-state index in [2.05, 4.69) is 15.5 Å². The van der Waals surface area contributed by atoms with Gasteiger partial charge in [0, 0.05) is 18.7 Å². The highest BCUT2D eigenvalue weighted by Crippen LogP contribution is 2.28. The molecule has 1 aliphatic rings. The molecule has 0 spiro atoms. The number of sulfonamides is 1. The Bertz CT molecular complexity index is 880. The molecule has 1 aromatic heterocycles. The molecular weight excluding hydrogens is 376 g/mol. The summed E-state index contributed by atoms with van der Waals surface area (Å²) in [7, 11) is -1.68. The van der Waals surface area contributed by atoms with E-state index >= 15 is 0 Å². The molecule has 26 heavy (non-hydrogen) atoms. The van der Waals surface area contributed by atoms with E-state index in [1.54, 1.807) is 7.11 Å². The van der Waals surface area contributed by atoms with Crippen LogP contribution in [0, 0.1) is 5.92 Å². The molecule has 140 valence electrons. The zero-order chi connectivity index (χ0) is 18.7. The van der Waals surface area contributed by atoms with E-state index in [9.17, 15) is 13.2 Å². The minimum Gasteiger partial charge on any atom is -0.497 e. The number of piperidine rings is 1. The van der Waals surface area contributed by atoms with Gasteiger partial charge < -0.3 is 10.1 Å². The van der Waals surface area contributed by atoms with Crippen LogP contribution in [-0.4, -0.2) is 55.3 Å². The van der Waals surface area contributed by atoms with Crippen LogP contribution < -0.4 is 10.1 Å². The largest absolute Gasteiger partial charge is 0.497 e. The first-order valence-corrected chi connectivity index (χ1v) is 10.8. The highest BCUT2D eigenvalue weighted by atomic mass is 32.2. The maximum atomic E-state index is 12.5. The van der Waals surface area contributed by atoms with Crippen LogP contribution in [0.25, 0.3) is 10.6 Å². The average molecular weight is 396 g/mol. The van der Waals surface area contributed by atoms with E-state index in [1.165, 1.54) is 21.9 Å². The Kier molecular flexibility index (Phi) is 5.54. The predicted molar refractivity (Wildman–Crippen MR) is 99.7 cm³/mol. The molecule has 10 heteroatoms. The Labute approximate surface area is 156 Å². The summed E-state index contributed by atoms with van der Waals surface area (Å²) in [6, 6.07) is 7.40. The maximum Gasteiger partial charge on any atom is 0.230 e. The third kappa shape index (κ3) is 4.37. The summed E-state index contributed by atoms with van der Waals surface area (Å²) in [4.78, 5) is 12.5. The van der Waals surface area contributed by atoms with Crippen molar-refractivity contribution in [1.29, 1.82) is 0 Å². The summed E-state index contributed by atoms with van der Waals surface area (Å²) in [6.07, 6.45) is 2.49. The normalized spacial score (nSPS) is 18.5. The molecule has 0 bridgehead atoms. The number of anilines is 1. The summed E-state index contributed by atoms with van der Waals surface area (Å²) in [5.41, 5.74) is 0.879. The van der Waals surface area contributed by atoms with Gasteiger partial charge >= 0.3 is 0 Å². The van der Waals surface area contributed by atoms with Gasteiger partial charge in [0.05, 0.1) is 19.3 Å². The van der Waals surface area contributed by atoms with Crippen LogP contribution in [0.4, 0.5) is 5.13 Å². The van der Waals surface area contributed by atoms with Gasteiger partial charge in [0.25, 0.3) is 0 Å². The van der Waals surface area contributed by atoms with Gasteiger partial charge in [-0.2, -0.15) is 0 Å². The van der Waals surface area contributed by atoms with E-state index < -0.39 is 10.0 Å². The minimum absolute atomic E-state index is 0.203. The molecule has 1 fully saturated rings. The van der Waals surface area contributed by atoms with E-state index in [-0.39, 0.29) is 18.4 Å². The smallest absolute Gasteiger partial charge is 0.230 e. The number of amides is 1. The second-order valence-corrected chi connectivity index (χ2v) is 9.05. The van der Waals surface area contributed by atoms with Gasteiger partial charge in [-0.1, -0.05) is 11.3 Å². The Morgan fingerprint density at radius 3 is 2.69 bits per heavy atom. The van der Waals surface area contributed by atoms with Crippen LogP contribution in [-0.2, 0) is 14.8 Å². The highest BCUT2D eigenvalue weighted by Gasteiger charge is 2.30. The van der Waals surface area contributed by atoms with Gasteiger partial charge in [-0.25, -0.2) is 12.7 Å². The molecule has 1 aliphatic heterocycles. The average Bonchev–Trinajstić information content (AvgIpc) is 3.09. The summed E-state index contributed by atoms with van der Waals surface area (Å²) in [5.74, 6) is 0.141. The highest BCUT2D eigenvalue weighted by molar-refractivity contribution is 7.88. The van der Waals surface area contributed by atoms with Crippen molar-refractivity contribution in [3.63, 3.8) is 0 Å². The Balaban J connectivity index is 1.65. The number of methoxy groups -OCH3 is 1. The summed E-state index contributed by atoms with van der Waals surface area (Å²) in [6.45, 7) is 0.665. The number of aromatic nitrogens is 2. The van der Waals surface area contributed by atoms with Crippen LogP contribution >= 0.6 is 11.3 Å². The van der Waals surface area contributed by atoms with Crippen molar-refractivity contribution >= 4 is 32.4 Å². The molecule has 1 atom stereocenters. The SMILES string of the molecule is COc1ccc(-c2nnc(NC(=O)C3CCCN(S(C)(=O)=O)C3)s2)cc1. The van der Waals surface area contributed by atoms with E-state index in [4.69, 9.17) is 4.74 Å². The van der Waals surface area contributed by atoms with Gasteiger partial charge in [-0.05, 0) is 37.1 Å². The first-order valence-electron chi connectivity index (χ1n) is 8.11. The van der Waals surface area contributed by atoms with Gasteiger partial charge in [0.2, 0.25) is 21.1 Å². The minimum atomic E-state index is -3.29. The molecule has 0 radical (unpaired) electrons. The van der Waals surface area contributed by atoms with Crippen molar-refractivity contribution in [3.05, 3.63) is 24.3 Å². The fourth-order valence-corrected chi connectivity index (χ4v) is 4.45. The van der Waals surface area contributed by atoms with Gasteiger partial charge in [0.15, 0.2) is 0 Å². The third-order valence-corrected chi connectivity index (χ3v) is 6.37. The molecule has 1 unspecified atom stereocenters. The zero-order valence-electron chi connectivity index (χ0n) is 14.5. The lowest BCUT2D eigenvalue weighted by Crippen LogP contribution is -2.43. The topological polar surface area (TPSA) is 101 Å². The second kappa shape index (κ2) is 7.68. The van der Waals surface area contributed by atoms with E-state index in [0.29, 0.717) is 29.5 Å². The lowest BCUT2D eigenvalue weighted by molar-refractivity contribution is -0.120. The van der Waals surface area contributed by atoms with Crippen molar-refractivity contribution < 1.29 is 17.9 Å². The fraction of sp³-hybridized carbons (Fsp3) is 0.438. The molecular formula is C16H20N4O4S2. The monoisotopic (exact) mass is 396 g/mol. The fourth-order valence-electron chi connectivity index (χ4n) is 2.79. The Morgan fingerprint density at radius 2 is 2.04 bits per heavy atom. The first-order chi connectivity index (χ1) is 12.4. The number of benzene rings is 1. The van der Waals surface area contributed by atoms with E-state index in [1.807, 2.05) is 24.3 Å². The summed E-state index contributed by atoms with van der Waals surface area (Å²) >= 11 is 1.27. The zero-order valence-corrected chi connectivity index (χ0v) is 16.1. The van der Waals surface area contributed by atoms with Crippen LogP contribution in [0.3, 0.4) is 0 Å². The van der Waals surface area contributed by atoms with Gasteiger partial charge in [-0.15, -0.1) is 10.2 Å². The van der Waals surface area contributed by atoms with E-state index in [0.717, 1.165) is 11.3 Å². The number of ether oxygens (including phenoxy) is 1. The number of nitrogens with one attached hydrogen (secondary N) is 1. The summed E-state index contributed by atoms with van der Waals surface area (Å²) < 4.78 is 29.8. The van der Waals surface area contributed by atoms with Crippen molar-refractivity contribution in [2.75, 3.05) is 31.8 Å². The maximum absolute atomic E-state index is 12.5. The standard InChI is InChI=1S/C16H20N4O4S2/c1-24-13-7-5-11(6-8-13)15-18-19-16(25-15)17-14(21)12-4-3-9-20(10-12)26(2,22)23/h5-8,12H,3-4,9-10H2,1-2H3,(H,17,19,21). The van der Waals surface area contributed by atoms with Crippen LogP contribution in [0.15, 0.2) is 24.3 Å².